The van der Waals surface area contributed by atoms with Gasteiger partial charge >= 0.3 is 0 Å². The van der Waals surface area contributed by atoms with Gasteiger partial charge in [-0.05, 0) is 31.0 Å². The number of nitrogens with zero attached hydrogens (tertiary/aromatic N) is 2. The summed E-state index contributed by atoms with van der Waals surface area (Å²) in [4.78, 5) is 13.0. The SMILES string of the molecule is CC(=O)CCc1ccc(OCC(O)CN2CCN(S(C)(=O)=O)CC2)cc1. The van der Waals surface area contributed by atoms with E-state index in [-0.39, 0.29) is 12.4 Å². The molecule has 0 radical (unpaired) electrons. The molecule has 1 heterocycles. The van der Waals surface area contributed by atoms with Gasteiger partial charge in [-0.2, -0.15) is 4.31 Å². The van der Waals surface area contributed by atoms with Crippen LogP contribution in [0.25, 0.3) is 0 Å². The van der Waals surface area contributed by atoms with Crippen LogP contribution in [0.2, 0.25) is 0 Å². The van der Waals surface area contributed by atoms with Gasteiger partial charge in [0, 0.05) is 39.1 Å². The molecule has 0 amide bonds. The molecule has 0 saturated carbocycles. The smallest absolute Gasteiger partial charge is 0.211 e. The van der Waals surface area contributed by atoms with Crippen molar-refractivity contribution in [3.05, 3.63) is 29.8 Å². The summed E-state index contributed by atoms with van der Waals surface area (Å²) in [5, 5.41) is 10.2. The first-order valence-corrected chi connectivity index (χ1v) is 10.7. The molecule has 1 saturated heterocycles. The second kappa shape index (κ2) is 9.45. The molecule has 7 nitrogen and oxygen atoms in total. The lowest BCUT2D eigenvalue weighted by Gasteiger charge is -2.34. The third-order valence-electron chi connectivity index (χ3n) is 4.40. The van der Waals surface area contributed by atoms with Gasteiger partial charge in [-0.25, -0.2) is 8.42 Å². The zero-order valence-electron chi connectivity index (χ0n) is 15.4. The van der Waals surface area contributed by atoms with Gasteiger partial charge in [-0.1, -0.05) is 12.1 Å². The van der Waals surface area contributed by atoms with E-state index in [4.69, 9.17) is 4.74 Å². The van der Waals surface area contributed by atoms with Gasteiger partial charge in [0.2, 0.25) is 10.0 Å². The van der Waals surface area contributed by atoms with E-state index >= 15 is 0 Å². The second-order valence-corrected chi connectivity index (χ2v) is 8.76. The Labute approximate surface area is 155 Å². The van der Waals surface area contributed by atoms with Crippen LogP contribution in [-0.2, 0) is 21.2 Å². The van der Waals surface area contributed by atoms with Crippen LogP contribution in [0.4, 0.5) is 0 Å². The number of piperazine rings is 1. The van der Waals surface area contributed by atoms with Gasteiger partial charge in [0.05, 0.1) is 6.26 Å². The Bertz CT molecular complexity index is 682. The average molecular weight is 384 g/mol. The maximum absolute atomic E-state index is 11.5. The highest BCUT2D eigenvalue weighted by Gasteiger charge is 2.24. The Morgan fingerprint density at radius 3 is 2.35 bits per heavy atom. The standard InChI is InChI=1S/C18H28N2O5S/c1-15(21)3-4-16-5-7-18(8-6-16)25-14-17(22)13-19-9-11-20(12-10-19)26(2,23)24/h5-8,17,22H,3-4,9-14H2,1-2H3. The zero-order chi connectivity index (χ0) is 19.2. The average Bonchev–Trinajstić information content (AvgIpc) is 2.58. The van der Waals surface area contributed by atoms with E-state index < -0.39 is 16.1 Å². The van der Waals surface area contributed by atoms with Crippen LogP contribution >= 0.6 is 0 Å². The van der Waals surface area contributed by atoms with Crippen LogP contribution in [0.3, 0.4) is 0 Å². The number of sulfonamides is 1. The molecule has 0 bridgehead atoms. The van der Waals surface area contributed by atoms with Gasteiger partial charge < -0.3 is 14.6 Å². The Morgan fingerprint density at radius 1 is 1.19 bits per heavy atom. The van der Waals surface area contributed by atoms with Crippen LogP contribution in [0.15, 0.2) is 24.3 Å². The molecule has 2 rings (SSSR count). The van der Waals surface area contributed by atoms with Crippen LogP contribution in [0.1, 0.15) is 18.9 Å². The highest BCUT2D eigenvalue weighted by atomic mass is 32.2. The van der Waals surface area contributed by atoms with Crippen molar-refractivity contribution in [2.45, 2.75) is 25.9 Å². The minimum absolute atomic E-state index is 0.172. The van der Waals surface area contributed by atoms with E-state index in [0.29, 0.717) is 44.9 Å². The molecule has 1 aliphatic rings. The molecule has 1 atom stereocenters. The first kappa shape index (κ1) is 20.8. The van der Waals surface area contributed by atoms with Crippen molar-refractivity contribution in [2.24, 2.45) is 0 Å². The summed E-state index contributed by atoms with van der Waals surface area (Å²) in [6.07, 6.45) is 1.83. The number of benzene rings is 1. The molecular formula is C18H28N2O5S. The maximum Gasteiger partial charge on any atom is 0.211 e. The summed E-state index contributed by atoms with van der Waals surface area (Å²) in [7, 11) is -3.14. The summed E-state index contributed by atoms with van der Waals surface area (Å²) >= 11 is 0. The normalized spacial score (nSPS) is 17.8. The summed E-state index contributed by atoms with van der Waals surface area (Å²) < 4.78 is 30.1. The number of hydrogen-bond acceptors (Lipinski definition) is 6. The van der Waals surface area contributed by atoms with Gasteiger partial charge in [0.15, 0.2) is 0 Å². The van der Waals surface area contributed by atoms with Crippen LogP contribution in [0, 0.1) is 0 Å². The highest BCUT2D eigenvalue weighted by Crippen LogP contribution is 2.14. The fourth-order valence-corrected chi connectivity index (χ4v) is 3.69. The van der Waals surface area contributed by atoms with E-state index in [0.717, 1.165) is 12.0 Å². The van der Waals surface area contributed by atoms with Gasteiger partial charge in [0.25, 0.3) is 0 Å². The van der Waals surface area contributed by atoms with E-state index in [2.05, 4.69) is 0 Å². The number of aliphatic hydroxyl groups excluding tert-OH is 1. The largest absolute Gasteiger partial charge is 0.491 e. The van der Waals surface area contributed by atoms with Crippen molar-refractivity contribution in [1.29, 1.82) is 0 Å². The third kappa shape index (κ3) is 7.03. The van der Waals surface area contributed by atoms with Gasteiger partial charge in [-0.15, -0.1) is 0 Å². The molecule has 1 fully saturated rings. The quantitative estimate of drug-likeness (QED) is 0.668. The van der Waals surface area contributed by atoms with Crippen LogP contribution < -0.4 is 4.74 Å². The number of carbonyl (C=O) groups is 1. The van der Waals surface area contributed by atoms with Gasteiger partial charge in [0.1, 0.15) is 24.2 Å². The molecule has 1 N–H and O–H groups in total. The minimum atomic E-state index is -3.14. The molecule has 0 aromatic heterocycles. The number of hydrogen-bond donors (Lipinski definition) is 1. The Morgan fingerprint density at radius 2 is 1.81 bits per heavy atom. The summed E-state index contributed by atoms with van der Waals surface area (Å²) in [5.74, 6) is 0.850. The van der Waals surface area contributed by atoms with Crippen molar-refractivity contribution in [3.63, 3.8) is 0 Å². The molecule has 1 aromatic rings. The molecule has 0 aliphatic carbocycles. The van der Waals surface area contributed by atoms with Crippen molar-refractivity contribution in [3.8, 4) is 5.75 Å². The lowest BCUT2D eigenvalue weighted by molar-refractivity contribution is -0.116. The summed E-state index contributed by atoms with van der Waals surface area (Å²) in [6.45, 7) is 4.33. The number of rotatable bonds is 9. The number of ketones is 1. The van der Waals surface area contributed by atoms with E-state index in [1.165, 1.54) is 10.6 Å². The van der Waals surface area contributed by atoms with Crippen molar-refractivity contribution < 1.29 is 23.1 Å². The van der Waals surface area contributed by atoms with Gasteiger partial charge in [-0.3, -0.25) is 4.90 Å². The predicted octanol–water partition coefficient (Wildman–Crippen LogP) is 0.525. The fourth-order valence-electron chi connectivity index (χ4n) is 2.86. The molecule has 146 valence electrons. The molecule has 26 heavy (non-hydrogen) atoms. The topological polar surface area (TPSA) is 87.2 Å². The first-order chi connectivity index (χ1) is 12.2. The number of aryl methyl sites for hydroxylation is 1. The lowest BCUT2D eigenvalue weighted by atomic mass is 10.1. The molecular weight excluding hydrogens is 356 g/mol. The van der Waals surface area contributed by atoms with E-state index in [1.54, 1.807) is 6.92 Å². The number of β-amino-alcohol motifs (C(OH)–C–C–N with tert-alkyl or cyclic N) is 1. The Hall–Kier alpha value is -1.48. The fraction of sp³-hybridized carbons (Fsp3) is 0.611. The Balaban J connectivity index is 1.70. The number of aliphatic hydroxyl groups is 1. The van der Waals surface area contributed by atoms with Crippen molar-refractivity contribution >= 4 is 15.8 Å². The number of Topliss-reactive ketones (excluding diaryl/α,β-unsaturated/α-hetero) is 1. The van der Waals surface area contributed by atoms with E-state index in [9.17, 15) is 18.3 Å². The lowest BCUT2D eigenvalue weighted by Crippen LogP contribution is -2.50. The summed E-state index contributed by atoms with van der Waals surface area (Å²) in [5.41, 5.74) is 1.08. The predicted molar refractivity (Wildman–Crippen MR) is 99.8 cm³/mol. The minimum Gasteiger partial charge on any atom is -0.491 e. The molecule has 1 aliphatic heterocycles. The van der Waals surface area contributed by atoms with Crippen LogP contribution in [0.5, 0.6) is 5.75 Å². The maximum atomic E-state index is 11.5. The van der Waals surface area contributed by atoms with Crippen LogP contribution in [-0.4, -0.2) is 80.2 Å². The second-order valence-electron chi connectivity index (χ2n) is 6.77. The number of carbonyl (C=O) groups excluding carboxylic acids is 1. The molecule has 0 spiro atoms. The molecule has 8 heteroatoms. The molecule has 1 aromatic carbocycles. The third-order valence-corrected chi connectivity index (χ3v) is 5.70. The summed E-state index contributed by atoms with van der Waals surface area (Å²) in [6, 6.07) is 7.53. The van der Waals surface area contributed by atoms with Crippen molar-refractivity contribution in [2.75, 3.05) is 45.6 Å². The Kier molecular flexibility index (Phi) is 7.57. The first-order valence-electron chi connectivity index (χ1n) is 8.81. The zero-order valence-corrected chi connectivity index (χ0v) is 16.2. The monoisotopic (exact) mass is 384 g/mol. The number of ether oxygens (including phenoxy) is 1. The highest BCUT2D eigenvalue weighted by molar-refractivity contribution is 7.88. The van der Waals surface area contributed by atoms with E-state index in [1.807, 2.05) is 29.2 Å². The molecule has 1 unspecified atom stereocenters. The van der Waals surface area contributed by atoms with Crippen molar-refractivity contribution in [1.82, 2.24) is 9.21 Å².